The minimum absolute atomic E-state index is 0.0885. The molecule has 1 amide bonds. The summed E-state index contributed by atoms with van der Waals surface area (Å²) in [7, 11) is 3.30. The van der Waals surface area contributed by atoms with Crippen molar-refractivity contribution >= 4 is 11.8 Å². The number of nitrogens with zero attached hydrogens (tertiary/aromatic N) is 6. The molecule has 1 fully saturated rings. The molecule has 2 aromatic carbocycles. The molecule has 2 aliphatic rings. The molecule has 4 atom stereocenters. The average Bonchev–Trinajstić information content (AvgIpc) is 3.66. The number of tetrazole rings is 1. The van der Waals surface area contributed by atoms with Gasteiger partial charge in [-0.05, 0) is 48.2 Å². The van der Waals surface area contributed by atoms with Crippen LogP contribution in [0.1, 0.15) is 54.7 Å². The summed E-state index contributed by atoms with van der Waals surface area (Å²) >= 11 is 0. The Morgan fingerprint density at radius 2 is 2.00 bits per heavy atom. The molecule has 4 unspecified atom stereocenters. The number of aliphatic hydroxyl groups excluding tert-OH is 1. The van der Waals surface area contributed by atoms with Crippen LogP contribution in [-0.2, 0) is 25.7 Å². The van der Waals surface area contributed by atoms with Crippen LogP contribution in [0.3, 0.4) is 0 Å². The fraction of sp³-hybridized carbons (Fsp3) is 0.562. The van der Waals surface area contributed by atoms with Crippen molar-refractivity contribution in [2.24, 2.45) is 0 Å². The van der Waals surface area contributed by atoms with Crippen molar-refractivity contribution in [2.45, 2.75) is 56.5 Å². The number of ether oxygens (including phenoxy) is 5. The summed E-state index contributed by atoms with van der Waals surface area (Å²) in [6, 6.07) is 13.2. The highest BCUT2D eigenvalue weighted by molar-refractivity contribution is 5.68. The summed E-state index contributed by atoms with van der Waals surface area (Å²) in [6.45, 7) is 3.02. The van der Waals surface area contributed by atoms with Gasteiger partial charge in [-0.3, -0.25) is 0 Å². The van der Waals surface area contributed by atoms with E-state index in [1.165, 1.54) is 0 Å². The summed E-state index contributed by atoms with van der Waals surface area (Å²) in [6.07, 6.45) is -0.631. The smallest absolute Gasteiger partial charge is 0.410 e. The van der Waals surface area contributed by atoms with Crippen molar-refractivity contribution in [3.8, 4) is 11.5 Å². The highest BCUT2D eigenvalue weighted by Gasteiger charge is 2.41. The zero-order chi connectivity index (χ0) is 34.6. The van der Waals surface area contributed by atoms with Gasteiger partial charge in [-0.2, -0.15) is 5.21 Å². The van der Waals surface area contributed by atoms with Gasteiger partial charge < -0.3 is 43.4 Å². The van der Waals surface area contributed by atoms with Gasteiger partial charge in [0, 0.05) is 45.1 Å². The monoisotopic (exact) mass is 685 g/mol. The van der Waals surface area contributed by atoms with Crippen LogP contribution in [0.15, 0.2) is 42.5 Å². The molecule has 2 aliphatic heterocycles. The molecule has 17 nitrogen and oxygen atoms in total. The van der Waals surface area contributed by atoms with Crippen LogP contribution >= 0.6 is 0 Å². The van der Waals surface area contributed by atoms with Crippen molar-refractivity contribution in [2.75, 3.05) is 65.2 Å². The largest absolute Gasteiger partial charge is 0.497 e. The number of aromatic nitrogens is 4. The molecule has 1 aromatic heterocycles. The maximum absolute atomic E-state index is 13.5. The quantitative estimate of drug-likeness (QED) is 0.119. The van der Waals surface area contributed by atoms with Gasteiger partial charge in [0.05, 0.1) is 51.8 Å². The van der Waals surface area contributed by atoms with E-state index in [0.717, 1.165) is 42.1 Å². The Balaban J connectivity index is 1.36. The maximum atomic E-state index is 13.5. The van der Waals surface area contributed by atoms with Gasteiger partial charge in [-0.15, -0.1) is 20.3 Å². The van der Waals surface area contributed by atoms with Gasteiger partial charge >= 0.3 is 6.09 Å². The third-order valence-electron chi connectivity index (χ3n) is 8.66. The topological polar surface area (TPSA) is 197 Å². The van der Waals surface area contributed by atoms with Crippen LogP contribution < -0.4 is 14.4 Å². The lowest BCUT2D eigenvalue weighted by atomic mass is 9.81. The number of aromatic amines is 1. The van der Waals surface area contributed by atoms with E-state index in [9.17, 15) is 20.0 Å². The number of fused-ring (bicyclic) bond motifs is 1. The zero-order valence-electron chi connectivity index (χ0n) is 27.6. The molecule has 3 aromatic rings. The Bertz CT molecular complexity index is 1480. The average molecular weight is 686 g/mol. The van der Waals surface area contributed by atoms with Crippen molar-refractivity contribution in [3.05, 3.63) is 69.5 Å². The van der Waals surface area contributed by atoms with E-state index < -0.39 is 29.4 Å². The minimum atomic E-state index is -1.11. The number of hydrogen-bond acceptors (Lipinski definition) is 14. The van der Waals surface area contributed by atoms with Crippen molar-refractivity contribution in [1.29, 1.82) is 0 Å². The van der Waals surface area contributed by atoms with Gasteiger partial charge in [-0.1, -0.05) is 23.4 Å². The summed E-state index contributed by atoms with van der Waals surface area (Å²) in [4.78, 5) is 32.2. The van der Waals surface area contributed by atoms with Crippen LogP contribution in [0.4, 0.5) is 10.5 Å². The molecular weight excluding hydrogens is 642 g/mol. The molecule has 5 rings (SSSR count). The molecule has 17 heteroatoms. The molecule has 0 bridgehead atoms. The molecule has 49 heavy (non-hydrogen) atoms. The highest BCUT2D eigenvalue weighted by atomic mass is 16.9. The van der Waals surface area contributed by atoms with E-state index >= 15 is 0 Å². The van der Waals surface area contributed by atoms with Crippen molar-refractivity contribution in [1.82, 2.24) is 25.5 Å². The number of hydrogen-bond donors (Lipinski definition) is 2. The number of aliphatic hydroxyl groups is 1. The Kier molecular flexibility index (Phi) is 12.8. The standard InChI is InChI=1S/C32H43N7O10/c1-44-13-3-11-37-12-16-46-29-10-5-22(17-27(29)37)21-48-30-20-38(32(41)47-14-4-15-49-39(42)43)24(19-28(40)31-33-35-36-34-31)18-26(30)23-6-8-25(45-2)9-7-23/h5-10,17,24,26,28,30,40H,3-4,11-16,18-21H2,1-2H3,(H,33,34,35,36). The second-order valence-electron chi connectivity index (χ2n) is 11.8. The minimum Gasteiger partial charge on any atom is -0.497 e. The van der Waals surface area contributed by atoms with Crippen LogP contribution in [0.5, 0.6) is 11.5 Å². The molecule has 2 N–H and O–H groups in total. The van der Waals surface area contributed by atoms with Crippen LogP contribution in [0, 0.1) is 10.1 Å². The number of nitrogens with one attached hydrogen (secondary N) is 1. The fourth-order valence-corrected chi connectivity index (χ4v) is 6.22. The van der Waals surface area contributed by atoms with Gasteiger partial charge in [-0.25, -0.2) is 4.79 Å². The van der Waals surface area contributed by atoms with E-state index in [1.807, 2.05) is 36.4 Å². The zero-order valence-corrected chi connectivity index (χ0v) is 27.6. The molecule has 0 radical (unpaired) electrons. The number of anilines is 1. The summed E-state index contributed by atoms with van der Waals surface area (Å²) < 4.78 is 28.7. The number of carbonyl (C=O) groups excluding carboxylic acids is 1. The molecule has 0 aliphatic carbocycles. The van der Waals surface area contributed by atoms with Crippen LogP contribution in [-0.4, -0.2) is 114 Å². The van der Waals surface area contributed by atoms with Crippen molar-refractivity contribution < 1.29 is 43.5 Å². The molecular formula is C32H43N7O10. The number of amides is 1. The Labute approximate surface area is 283 Å². The number of methoxy groups -OCH3 is 2. The number of H-pyrrole nitrogens is 1. The van der Waals surface area contributed by atoms with E-state index in [4.69, 9.17) is 23.7 Å². The number of carbonyl (C=O) groups is 1. The third kappa shape index (κ3) is 9.67. The van der Waals surface area contributed by atoms with E-state index in [-0.39, 0.29) is 50.9 Å². The van der Waals surface area contributed by atoms with E-state index in [0.29, 0.717) is 25.4 Å². The predicted octanol–water partition coefficient (Wildman–Crippen LogP) is 3.05. The number of benzene rings is 2. The van der Waals surface area contributed by atoms with Gasteiger partial charge in [0.1, 0.15) is 24.2 Å². The lowest BCUT2D eigenvalue weighted by molar-refractivity contribution is -0.757. The molecule has 1 saturated heterocycles. The molecule has 266 valence electrons. The van der Waals surface area contributed by atoms with Crippen molar-refractivity contribution in [3.63, 3.8) is 0 Å². The highest BCUT2D eigenvalue weighted by Crippen LogP contribution is 2.39. The first-order valence-electron chi connectivity index (χ1n) is 16.2. The molecule has 0 saturated carbocycles. The second-order valence-corrected chi connectivity index (χ2v) is 11.8. The summed E-state index contributed by atoms with van der Waals surface area (Å²) in [5.41, 5.74) is 2.93. The fourth-order valence-electron chi connectivity index (χ4n) is 6.22. The van der Waals surface area contributed by atoms with Crippen LogP contribution in [0.2, 0.25) is 0 Å². The third-order valence-corrected chi connectivity index (χ3v) is 8.66. The maximum Gasteiger partial charge on any atom is 0.410 e. The Morgan fingerprint density at radius 1 is 1.16 bits per heavy atom. The van der Waals surface area contributed by atoms with E-state index in [2.05, 4.69) is 36.4 Å². The van der Waals surface area contributed by atoms with E-state index in [1.54, 1.807) is 19.1 Å². The summed E-state index contributed by atoms with van der Waals surface area (Å²) in [5, 5.41) is 34.3. The van der Waals surface area contributed by atoms with Gasteiger partial charge in [0.25, 0.3) is 5.09 Å². The second kappa shape index (κ2) is 17.6. The normalized spacial score (nSPS) is 19.4. The first-order valence-corrected chi connectivity index (χ1v) is 16.2. The lowest BCUT2D eigenvalue weighted by Crippen LogP contribution is -2.53. The summed E-state index contributed by atoms with van der Waals surface area (Å²) in [5.74, 6) is 1.47. The van der Waals surface area contributed by atoms with Gasteiger partial charge in [0.15, 0.2) is 0 Å². The number of likely N-dealkylation sites (tertiary alicyclic amines) is 1. The number of rotatable bonds is 17. The predicted molar refractivity (Wildman–Crippen MR) is 173 cm³/mol. The molecule has 0 spiro atoms. The number of piperidine rings is 1. The van der Waals surface area contributed by atoms with Gasteiger partial charge in [0.2, 0.25) is 5.82 Å². The SMILES string of the molecule is COCCCN1CCOc2ccc(COC3CN(C(=O)OCCCO[N+](=O)[O-])C(CC(O)c4nn[nH]n4)CC3c3ccc(OC)cc3)cc21. The first kappa shape index (κ1) is 35.6. The Hall–Kier alpha value is -4.74. The Morgan fingerprint density at radius 3 is 2.73 bits per heavy atom. The van der Waals surface area contributed by atoms with Crippen LogP contribution in [0.25, 0.3) is 0 Å². The first-order chi connectivity index (χ1) is 23.9. The lowest BCUT2D eigenvalue weighted by Gasteiger charge is -2.44. The molecule has 3 heterocycles.